The third-order valence-electron chi connectivity index (χ3n) is 2.65. The highest BCUT2D eigenvalue weighted by Crippen LogP contribution is 2.12. The molecule has 0 unspecified atom stereocenters. The van der Waals surface area contributed by atoms with Crippen LogP contribution in [0.1, 0.15) is 12.0 Å². The molecule has 106 valence electrons. The Bertz CT molecular complexity index is 544. The van der Waals surface area contributed by atoms with Gasteiger partial charge in [0, 0.05) is 18.6 Å². The van der Waals surface area contributed by atoms with Crippen molar-refractivity contribution < 1.29 is 18.3 Å². The summed E-state index contributed by atoms with van der Waals surface area (Å²) in [7, 11) is -2.05. The molecular formula is C12H16ClNO4S. The van der Waals surface area contributed by atoms with Crippen molar-refractivity contribution in [3.05, 3.63) is 34.9 Å². The van der Waals surface area contributed by atoms with Crippen molar-refractivity contribution in [1.82, 2.24) is 4.31 Å². The number of halogens is 1. The van der Waals surface area contributed by atoms with Gasteiger partial charge in [-0.3, -0.25) is 4.79 Å². The molecule has 0 aliphatic carbocycles. The summed E-state index contributed by atoms with van der Waals surface area (Å²) in [4.78, 5) is 10.4. The zero-order valence-electron chi connectivity index (χ0n) is 10.5. The molecule has 0 aromatic heterocycles. The van der Waals surface area contributed by atoms with Crippen LogP contribution < -0.4 is 0 Å². The monoisotopic (exact) mass is 305 g/mol. The largest absolute Gasteiger partial charge is 0.481 e. The van der Waals surface area contributed by atoms with Crippen molar-refractivity contribution in [3.63, 3.8) is 0 Å². The van der Waals surface area contributed by atoms with Gasteiger partial charge < -0.3 is 5.11 Å². The molecule has 0 saturated heterocycles. The molecule has 0 aliphatic heterocycles. The molecule has 0 heterocycles. The Hall–Kier alpha value is -1.11. The van der Waals surface area contributed by atoms with Gasteiger partial charge in [0.1, 0.15) is 0 Å². The molecule has 1 N–H and O–H groups in total. The first-order valence-corrected chi connectivity index (χ1v) is 7.70. The van der Waals surface area contributed by atoms with E-state index in [0.29, 0.717) is 11.4 Å². The van der Waals surface area contributed by atoms with Crippen LogP contribution in [0.4, 0.5) is 0 Å². The van der Waals surface area contributed by atoms with Gasteiger partial charge in [0.05, 0.1) is 12.2 Å². The van der Waals surface area contributed by atoms with Crippen molar-refractivity contribution in [2.45, 2.75) is 12.8 Å². The first-order chi connectivity index (χ1) is 8.81. The molecule has 0 radical (unpaired) electrons. The summed E-state index contributed by atoms with van der Waals surface area (Å²) in [6.07, 6.45) is 0.146. The first-order valence-electron chi connectivity index (χ1n) is 5.71. The Morgan fingerprint density at radius 1 is 1.42 bits per heavy atom. The van der Waals surface area contributed by atoms with Crippen LogP contribution in [0.15, 0.2) is 24.3 Å². The van der Waals surface area contributed by atoms with Gasteiger partial charge in [-0.15, -0.1) is 0 Å². The highest BCUT2D eigenvalue weighted by atomic mass is 35.5. The number of aryl methyl sites for hydroxylation is 1. The van der Waals surface area contributed by atoms with E-state index < -0.39 is 16.0 Å². The summed E-state index contributed by atoms with van der Waals surface area (Å²) in [5, 5.41) is 9.09. The van der Waals surface area contributed by atoms with Gasteiger partial charge in [0.15, 0.2) is 0 Å². The molecule has 0 aliphatic rings. The Balaban J connectivity index is 2.57. The van der Waals surface area contributed by atoms with Crippen LogP contribution in [0.3, 0.4) is 0 Å². The Morgan fingerprint density at radius 3 is 2.68 bits per heavy atom. The standard InChI is InChI=1S/C12H16ClNO4S/c1-14(7-5-12(15)16)19(17,18)8-6-10-3-2-4-11(13)9-10/h2-4,9H,5-8H2,1H3,(H,15,16). The summed E-state index contributed by atoms with van der Waals surface area (Å²) in [6, 6.07) is 7.00. The topological polar surface area (TPSA) is 74.7 Å². The third-order valence-corrected chi connectivity index (χ3v) is 4.74. The van der Waals surface area contributed by atoms with E-state index in [-0.39, 0.29) is 18.7 Å². The zero-order chi connectivity index (χ0) is 14.5. The lowest BCUT2D eigenvalue weighted by Gasteiger charge is -2.16. The molecule has 1 rings (SSSR count). The predicted octanol–water partition coefficient (Wildman–Crippen LogP) is 1.62. The van der Waals surface area contributed by atoms with Gasteiger partial charge in [0.25, 0.3) is 0 Å². The highest BCUT2D eigenvalue weighted by molar-refractivity contribution is 7.89. The summed E-state index contributed by atoms with van der Waals surface area (Å²) in [5.41, 5.74) is 0.836. The molecule has 0 spiro atoms. The minimum absolute atomic E-state index is 0.0206. The number of aliphatic carboxylic acids is 1. The summed E-state index contributed by atoms with van der Waals surface area (Å²) < 4.78 is 24.9. The minimum Gasteiger partial charge on any atom is -0.481 e. The lowest BCUT2D eigenvalue weighted by molar-refractivity contribution is -0.137. The smallest absolute Gasteiger partial charge is 0.304 e. The van der Waals surface area contributed by atoms with E-state index in [1.165, 1.54) is 7.05 Å². The van der Waals surface area contributed by atoms with E-state index in [9.17, 15) is 13.2 Å². The predicted molar refractivity (Wildman–Crippen MR) is 73.8 cm³/mol. The molecule has 7 heteroatoms. The normalized spacial score (nSPS) is 11.7. The molecule has 0 bridgehead atoms. The van der Waals surface area contributed by atoms with E-state index in [2.05, 4.69) is 0 Å². The van der Waals surface area contributed by atoms with Gasteiger partial charge in [-0.2, -0.15) is 0 Å². The minimum atomic E-state index is -3.44. The van der Waals surface area contributed by atoms with Crippen molar-refractivity contribution in [1.29, 1.82) is 0 Å². The maximum absolute atomic E-state index is 11.9. The lowest BCUT2D eigenvalue weighted by atomic mass is 10.2. The van der Waals surface area contributed by atoms with Crippen molar-refractivity contribution in [2.75, 3.05) is 19.3 Å². The SMILES string of the molecule is CN(CCC(=O)O)S(=O)(=O)CCc1cccc(Cl)c1. The maximum Gasteiger partial charge on any atom is 0.304 e. The second kappa shape index (κ2) is 6.88. The van der Waals surface area contributed by atoms with Crippen LogP contribution >= 0.6 is 11.6 Å². The molecule has 0 saturated carbocycles. The van der Waals surface area contributed by atoms with Crippen molar-refractivity contribution in [2.24, 2.45) is 0 Å². The lowest BCUT2D eigenvalue weighted by Crippen LogP contribution is -2.31. The summed E-state index contributed by atoms with van der Waals surface area (Å²) in [5.74, 6) is -1.08. The quantitative estimate of drug-likeness (QED) is 0.830. The highest BCUT2D eigenvalue weighted by Gasteiger charge is 2.18. The van der Waals surface area contributed by atoms with Gasteiger partial charge >= 0.3 is 5.97 Å². The van der Waals surface area contributed by atoms with Crippen molar-refractivity contribution in [3.8, 4) is 0 Å². The second-order valence-electron chi connectivity index (χ2n) is 4.16. The Labute approximate surface area is 117 Å². The molecule has 19 heavy (non-hydrogen) atoms. The van der Waals surface area contributed by atoms with Gasteiger partial charge in [0.2, 0.25) is 10.0 Å². The van der Waals surface area contributed by atoms with Gasteiger partial charge in [-0.05, 0) is 24.1 Å². The maximum atomic E-state index is 11.9. The molecule has 0 atom stereocenters. The third kappa shape index (κ3) is 5.59. The number of carbonyl (C=O) groups is 1. The first kappa shape index (κ1) is 15.9. The van der Waals surface area contributed by atoms with Crippen LogP contribution in [0.25, 0.3) is 0 Å². The van der Waals surface area contributed by atoms with Gasteiger partial charge in [-0.1, -0.05) is 23.7 Å². The fourth-order valence-electron chi connectivity index (χ4n) is 1.49. The number of benzene rings is 1. The Morgan fingerprint density at radius 2 is 2.11 bits per heavy atom. The van der Waals surface area contributed by atoms with Crippen molar-refractivity contribution >= 4 is 27.6 Å². The van der Waals surface area contributed by atoms with Crippen LogP contribution in [0, 0.1) is 0 Å². The van der Waals surface area contributed by atoms with Gasteiger partial charge in [-0.25, -0.2) is 12.7 Å². The number of carboxylic acid groups (broad SMARTS) is 1. The van der Waals surface area contributed by atoms with E-state index in [1.54, 1.807) is 24.3 Å². The van der Waals surface area contributed by atoms with E-state index >= 15 is 0 Å². The number of hydrogen-bond acceptors (Lipinski definition) is 3. The summed E-state index contributed by atoms with van der Waals surface area (Å²) in [6.45, 7) is -0.0206. The number of carboxylic acids is 1. The number of rotatable bonds is 7. The molecular weight excluding hydrogens is 290 g/mol. The molecule has 0 amide bonds. The average Bonchev–Trinajstić information content (AvgIpc) is 2.33. The van der Waals surface area contributed by atoms with E-state index in [0.717, 1.165) is 9.87 Å². The van der Waals surface area contributed by atoms with Crippen LogP contribution in [-0.4, -0.2) is 43.1 Å². The zero-order valence-corrected chi connectivity index (χ0v) is 12.1. The molecule has 5 nitrogen and oxygen atoms in total. The van der Waals surface area contributed by atoms with E-state index in [1.807, 2.05) is 0 Å². The average molecular weight is 306 g/mol. The second-order valence-corrected chi connectivity index (χ2v) is 6.79. The van der Waals surface area contributed by atoms with E-state index in [4.69, 9.17) is 16.7 Å². The van der Waals surface area contributed by atoms with Crippen LogP contribution in [0.2, 0.25) is 5.02 Å². The van der Waals surface area contributed by atoms with Crippen LogP contribution in [-0.2, 0) is 21.2 Å². The fraction of sp³-hybridized carbons (Fsp3) is 0.417. The fourth-order valence-corrected chi connectivity index (χ4v) is 2.87. The number of hydrogen-bond donors (Lipinski definition) is 1. The molecule has 1 aromatic rings. The Kier molecular flexibility index (Phi) is 5.78. The summed E-state index contributed by atoms with van der Waals surface area (Å²) >= 11 is 5.82. The number of nitrogens with zero attached hydrogens (tertiary/aromatic N) is 1. The van der Waals surface area contributed by atoms with Crippen LogP contribution in [0.5, 0.6) is 0 Å². The molecule has 0 fully saturated rings. The number of sulfonamides is 1. The molecule has 1 aromatic carbocycles.